The first-order chi connectivity index (χ1) is 8.24. The number of methoxy groups -OCH3 is 1. The monoisotopic (exact) mass is 232 g/mol. The molecule has 1 heterocycles. The number of halogens is 1. The molecule has 0 unspecified atom stereocenters. The van der Waals surface area contributed by atoms with E-state index < -0.39 is 0 Å². The fraction of sp³-hybridized carbons (Fsp3) is 0.154. The zero-order valence-corrected chi connectivity index (χ0v) is 9.48. The molecule has 0 radical (unpaired) electrons. The van der Waals surface area contributed by atoms with Gasteiger partial charge in [0.2, 0.25) is 0 Å². The van der Waals surface area contributed by atoms with Gasteiger partial charge in [-0.25, -0.2) is 4.39 Å². The Morgan fingerprint density at radius 3 is 2.71 bits per heavy atom. The summed E-state index contributed by atoms with van der Waals surface area (Å²) < 4.78 is 18.7. The summed E-state index contributed by atoms with van der Waals surface area (Å²) >= 11 is 0. The van der Waals surface area contributed by atoms with Crippen molar-refractivity contribution in [3.8, 4) is 16.9 Å². The molecular weight excluding hydrogens is 219 g/mol. The Hall–Kier alpha value is -1.94. The van der Waals surface area contributed by atoms with Crippen LogP contribution in [0, 0.1) is 5.82 Å². The summed E-state index contributed by atoms with van der Waals surface area (Å²) in [6, 6.07) is 8.20. The van der Waals surface area contributed by atoms with Crippen LogP contribution in [0.5, 0.6) is 5.75 Å². The third kappa shape index (κ3) is 2.42. The van der Waals surface area contributed by atoms with Crippen LogP contribution in [0.1, 0.15) is 5.69 Å². The molecule has 0 fully saturated rings. The van der Waals surface area contributed by atoms with E-state index in [1.807, 2.05) is 0 Å². The number of benzene rings is 1. The van der Waals surface area contributed by atoms with E-state index in [9.17, 15) is 4.39 Å². The lowest BCUT2D eigenvalue weighted by Gasteiger charge is -2.06. The zero-order chi connectivity index (χ0) is 12.3. The van der Waals surface area contributed by atoms with Gasteiger partial charge in [-0.05, 0) is 24.3 Å². The van der Waals surface area contributed by atoms with Gasteiger partial charge in [0.05, 0.1) is 12.8 Å². The van der Waals surface area contributed by atoms with E-state index in [2.05, 4.69) is 4.98 Å². The van der Waals surface area contributed by atoms with Crippen molar-refractivity contribution in [2.24, 2.45) is 5.73 Å². The van der Waals surface area contributed by atoms with Gasteiger partial charge < -0.3 is 10.5 Å². The van der Waals surface area contributed by atoms with Gasteiger partial charge >= 0.3 is 0 Å². The van der Waals surface area contributed by atoms with E-state index in [-0.39, 0.29) is 5.82 Å². The molecule has 4 heteroatoms. The normalized spacial score (nSPS) is 10.3. The molecule has 1 aromatic carbocycles. The van der Waals surface area contributed by atoms with Crippen LogP contribution in [0.2, 0.25) is 0 Å². The lowest BCUT2D eigenvalue weighted by Crippen LogP contribution is -1.99. The van der Waals surface area contributed by atoms with E-state index in [4.69, 9.17) is 10.5 Å². The largest absolute Gasteiger partial charge is 0.497 e. The Morgan fingerprint density at radius 2 is 2.12 bits per heavy atom. The van der Waals surface area contributed by atoms with Crippen molar-refractivity contribution in [3.63, 3.8) is 0 Å². The summed E-state index contributed by atoms with van der Waals surface area (Å²) in [5, 5.41) is 0. The second kappa shape index (κ2) is 4.93. The number of aromatic nitrogens is 1. The maximum absolute atomic E-state index is 13.7. The molecular formula is C13H13FN2O. The molecule has 0 saturated carbocycles. The predicted octanol–water partition coefficient (Wildman–Crippen LogP) is 2.36. The van der Waals surface area contributed by atoms with Crippen molar-refractivity contribution < 1.29 is 9.13 Å². The smallest absolute Gasteiger partial charge is 0.131 e. The van der Waals surface area contributed by atoms with Crippen molar-refractivity contribution in [1.29, 1.82) is 0 Å². The SMILES string of the molecule is COc1ccc(F)c(-c2ccc(CN)nc2)c1. The fourth-order valence-corrected chi connectivity index (χ4v) is 1.56. The number of nitrogens with zero attached hydrogens (tertiary/aromatic N) is 1. The van der Waals surface area contributed by atoms with Crippen LogP contribution in [0.25, 0.3) is 11.1 Å². The van der Waals surface area contributed by atoms with Gasteiger partial charge in [-0.2, -0.15) is 0 Å². The van der Waals surface area contributed by atoms with Crippen LogP contribution < -0.4 is 10.5 Å². The summed E-state index contributed by atoms with van der Waals surface area (Å²) in [7, 11) is 1.55. The molecule has 0 amide bonds. The number of hydrogen-bond acceptors (Lipinski definition) is 3. The van der Waals surface area contributed by atoms with Crippen LogP contribution in [-0.4, -0.2) is 12.1 Å². The van der Waals surface area contributed by atoms with E-state index in [0.29, 0.717) is 23.4 Å². The summed E-state index contributed by atoms with van der Waals surface area (Å²) in [4.78, 5) is 4.14. The Balaban J connectivity index is 2.43. The molecule has 0 saturated heterocycles. The van der Waals surface area contributed by atoms with E-state index in [1.54, 1.807) is 37.6 Å². The number of pyridine rings is 1. The fourth-order valence-electron chi connectivity index (χ4n) is 1.56. The third-order valence-corrected chi connectivity index (χ3v) is 2.52. The maximum Gasteiger partial charge on any atom is 0.131 e. The Kier molecular flexibility index (Phi) is 3.35. The Labute approximate surface area is 99.1 Å². The van der Waals surface area contributed by atoms with Crippen LogP contribution >= 0.6 is 0 Å². The number of rotatable bonds is 3. The Bertz CT molecular complexity index is 511. The van der Waals surface area contributed by atoms with Gasteiger partial charge in [-0.1, -0.05) is 6.07 Å². The lowest BCUT2D eigenvalue weighted by atomic mass is 10.1. The molecule has 2 aromatic rings. The average molecular weight is 232 g/mol. The van der Waals surface area contributed by atoms with Gasteiger partial charge in [-0.15, -0.1) is 0 Å². The summed E-state index contributed by atoms with van der Waals surface area (Å²) in [6.45, 7) is 0.376. The summed E-state index contributed by atoms with van der Waals surface area (Å²) in [6.07, 6.45) is 1.61. The number of nitrogens with two attached hydrogens (primary N) is 1. The van der Waals surface area contributed by atoms with Gasteiger partial charge in [0, 0.05) is 23.9 Å². The second-order valence-electron chi connectivity index (χ2n) is 3.59. The second-order valence-corrected chi connectivity index (χ2v) is 3.59. The highest BCUT2D eigenvalue weighted by Crippen LogP contribution is 2.26. The first-order valence-electron chi connectivity index (χ1n) is 5.23. The standard InChI is InChI=1S/C13H13FN2O/c1-17-11-4-5-13(14)12(6-11)9-2-3-10(7-15)16-8-9/h2-6,8H,7,15H2,1H3. The molecule has 1 aromatic heterocycles. The molecule has 0 aliphatic carbocycles. The van der Waals surface area contributed by atoms with Crippen molar-refractivity contribution in [2.45, 2.75) is 6.54 Å². The van der Waals surface area contributed by atoms with Gasteiger partial charge in [0.25, 0.3) is 0 Å². The molecule has 0 aliphatic rings. The van der Waals surface area contributed by atoms with Crippen LogP contribution in [0.15, 0.2) is 36.5 Å². The van der Waals surface area contributed by atoms with E-state index >= 15 is 0 Å². The highest BCUT2D eigenvalue weighted by atomic mass is 19.1. The summed E-state index contributed by atoms with van der Waals surface area (Å²) in [5.74, 6) is 0.317. The quantitative estimate of drug-likeness (QED) is 0.883. The Morgan fingerprint density at radius 1 is 1.29 bits per heavy atom. The highest BCUT2D eigenvalue weighted by Gasteiger charge is 2.07. The number of hydrogen-bond donors (Lipinski definition) is 1. The first kappa shape index (κ1) is 11.5. The number of ether oxygens (including phenoxy) is 1. The van der Waals surface area contributed by atoms with Crippen molar-refractivity contribution >= 4 is 0 Å². The minimum absolute atomic E-state index is 0.298. The molecule has 2 N–H and O–H groups in total. The van der Waals surface area contributed by atoms with Crippen LogP contribution in [0.4, 0.5) is 4.39 Å². The highest BCUT2D eigenvalue weighted by molar-refractivity contribution is 5.65. The predicted molar refractivity (Wildman–Crippen MR) is 64.1 cm³/mol. The molecule has 2 rings (SSSR count). The van der Waals surface area contributed by atoms with Crippen LogP contribution in [0.3, 0.4) is 0 Å². The molecule has 17 heavy (non-hydrogen) atoms. The minimum atomic E-state index is -0.298. The van der Waals surface area contributed by atoms with Gasteiger partial charge in [-0.3, -0.25) is 4.98 Å². The van der Waals surface area contributed by atoms with Crippen molar-refractivity contribution in [3.05, 3.63) is 48.0 Å². The zero-order valence-electron chi connectivity index (χ0n) is 9.48. The molecule has 3 nitrogen and oxygen atoms in total. The molecule has 0 spiro atoms. The maximum atomic E-state index is 13.7. The van der Waals surface area contributed by atoms with Gasteiger partial charge in [0.1, 0.15) is 11.6 Å². The van der Waals surface area contributed by atoms with E-state index in [1.165, 1.54) is 6.07 Å². The molecule has 88 valence electrons. The van der Waals surface area contributed by atoms with Gasteiger partial charge in [0.15, 0.2) is 0 Å². The van der Waals surface area contributed by atoms with Crippen molar-refractivity contribution in [2.75, 3.05) is 7.11 Å². The van der Waals surface area contributed by atoms with Crippen LogP contribution in [-0.2, 0) is 6.54 Å². The van der Waals surface area contributed by atoms with Crippen molar-refractivity contribution in [1.82, 2.24) is 4.98 Å². The topological polar surface area (TPSA) is 48.1 Å². The first-order valence-corrected chi connectivity index (χ1v) is 5.23. The lowest BCUT2D eigenvalue weighted by molar-refractivity contribution is 0.414. The van der Waals surface area contributed by atoms with E-state index in [0.717, 1.165) is 5.69 Å². The summed E-state index contributed by atoms with van der Waals surface area (Å²) in [5.41, 5.74) is 7.41. The molecule has 0 aliphatic heterocycles. The third-order valence-electron chi connectivity index (χ3n) is 2.52. The molecule has 0 bridgehead atoms. The molecule has 0 atom stereocenters. The minimum Gasteiger partial charge on any atom is -0.497 e. The average Bonchev–Trinajstić information content (AvgIpc) is 2.39.